The van der Waals surface area contributed by atoms with Crippen molar-refractivity contribution in [1.82, 2.24) is 5.32 Å². The number of nitrogens with zero attached hydrogens (tertiary/aromatic N) is 1. The van der Waals surface area contributed by atoms with E-state index in [-0.39, 0.29) is 0 Å². The minimum atomic E-state index is -0.617. The fourth-order valence-corrected chi connectivity index (χ4v) is 1.39. The number of rotatable bonds is 4. The molecule has 74 valence electrons. The van der Waals surface area contributed by atoms with E-state index in [2.05, 4.69) is 5.32 Å². The van der Waals surface area contributed by atoms with Crippen LogP contribution >= 0.6 is 0 Å². The van der Waals surface area contributed by atoms with Crippen molar-refractivity contribution in [2.45, 2.75) is 24.9 Å². The van der Waals surface area contributed by atoms with Crippen molar-refractivity contribution < 1.29 is 9.84 Å². The largest absolute Gasteiger partial charge is 0.388 e. The third-order valence-electron chi connectivity index (χ3n) is 2.29. The summed E-state index contributed by atoms with van der Waals surface area (Å²) in [4.78, 5) is 0. The lowest BCUT2D eigenvalue weighted by Crippen LogP contribution is -2.45. The van der Waals surface area contributed by atoms with Crippen molar-refractivity contribution in [2.24, 2.45) is 0 Å². The number of nitrogens with one attached hydrogen (secondary N) is 1. The van der Waals surface area contributed by atoms with E-state index in [0.29, 0.717) is 45.6 Å². The minimum absolute atomic E-state index is 0.493. The van der Waals surface area contributed by atoms with Crippen LogP contribution in [-0.4, -0.2) is 37.0 Å². The van der Waals surface area contributed by atoms with Gasteiger partial charge in [0, 0.05) is 45.6 Å². The van der Waals surface area contributed by atoms with Crippen molar-refractivity contribution in [1.29, 1.82) is 5.26 Å². The summed E-state index contributed by atoms with van der Waals surface area (Å²) in [5, 5.41) is 21.3. The predicted molar refractivity (Wildman–Crippen MR) is 48.1 cm³/mol. The summed E-state index contributed by atoms with van der Waals surface area (Å²) in [7, 11) is 0. The summed E-state index contributed by atoms with van der Waals surface area (Å²) in [5.74, 6) is 0. The lowest BCUT2D eigenvalue weighted by molar-refractivity contribution is -0.0613. The average Bonchev–Trinajstić information content (AvgIpc) is 2.14. The highest BCUT2D eigenvalue weighted by Gasteiger charge is 2.28. The molecule has 0 bridgehead atoms. The Bertz CT molecular complexity index is 183. The summed E-state index contributed by atoms with van der Waals surface area (Å²) in [6.45, 7) is 2.49. The Morgan fingerprint density at radius 1 is 1.46 bits per heavy atom. The maximum atomic E-state index is 9.95. The van der Waals surface area contributed by atoms with Crippen molar-refractivity contribution in [3.05, 3.63) is 0 Å². The highest BCUT2D eigenvalue weighted by atomic mass is 16.5. The monoisotopic (exact) mass is 184 g/mol. The fraction of sp³-hybridized carbons (Fsp3) is 0.889. The molecule has 0 radical (unpaired) electrons. The highest BCUT2D eigenvalue weighted by Crippen LogP contribution is 2.18. The first-order chi connectivity index (χ1) is 6.27. The van der Waals surface area contributed by atoms with Gasteiger partial charge in [0.25, 0.3) is 0 Å². The second-order valence-electron chi connectivity index (χ2n) is 3.42. The van der Waals surface area contributed by atoms with Gasteiger partial charge in [-0.15, -0.1) is 0 Å². The maximum absolute atomic E-state index is 9.95. The molecule has 1 saturated heterocycles. The number of nitriles is 1. The Morgan fingerprint density at radius 2 is 2.15 bits per heavy atom. The summed E-state index contributed by atoms with van der Waals surface area (Å²) in [6, 6.07) is 2.05. The van der Waals surface area contributed by atoms with Crippen molar-refractivity contribution in [2.75, 3.05) is 26.3 Å². The van der Waals surface area contributed by atoms with E-state index in [1.165, 1.54) is 0 Å². The topological polar surface area (TPSA) is 65.3 Å². The minimum Gasteiger partial charge on any atom is -0.388 e. The van der Waals surface area contributed by atoms with E-state index in [1.807, 2.05) is 6.07 Å². The van der Waals surface area contributed by atoms with Gasteiger partial charge in [-0.2, -0.15) is 5.26 Å². The highest BCUT2D eigenvalue weighted by molar-refractivity contribution is 4.84. The Kier molecular flexibility index (Phi) is 4.16. The van der Waals surface area contributed by atoms with Crippen LogP contribution in [-0.2, 0) is 4.74 Å². The maximum Gasteiger partial charge on any atom is 0.0815 e. The van der Waals surface area contributed by atoms with Gasteiger partial charge >= 0.3 is 0 Å². The molecule has 1 fully saturated rings. The van der Waals surface area contributed by atoms with E-state index >= 15 is 0 Å². The van der Waals surface area contributed by atoms with E-state index < -0.39 is 5.60 Å². The molecule has 0 spiro atoms. The van der Waals surface area contributed by atoms with Gasteiger partial charge in [0.05, 0.1) is 11.7 Å². The van der Waals surface area contributed by atoms with E-state index in [9.17, 15) is 5.11 Å². The molecular weight excluding hydrogens is 168 g/mol. The van der Waals surface area contributed by atoms with Gasteiger partial charge in [-0.25, -0.2) is 0 Å². The Labute approximate surface area is 78.5 Å². The fourth-order valence-electron chi connectivity index (χ4n) is 1.39. The second-order valence-corrected chi connectivity index (χ2v) is 3.42. The molecule has 4 nitrogen and oxygen atoms in total. The zero-order valence-corrected chi connectivity index (χ0v) is 7.75. The Morgan fingerprint density at radius 3 is 2.77 bits per heavy atom. The number of ether oxygens (including phenoxy) is 1. The third-order valence-corrected chi connectivity index (χ3v) is 2.29. The van der Waals surface area contributed by atoms with Crippen LogP contribution in [0.3, 0.4) is 0 Å². The quantitative estimate of drug-likeness (QED) is 0.605. The smallest absolute Gasteiger partial charge is 0.0815 e. The summed E-state index contributed by atoms with van der Waals surface area (Å²) < 4.78 is 5.15. The lowest BCUT2D eigenvalue weighted by Gasteiger charge is -2.32. The van der Waals surface area contributed by atoms with Crippen molar-refractivity contribution >= 4 is 0 Å². The molecule has 0 unspecified atom stereocenters. The molecule has 0 amide bonds. The molecule has 0 aliphatic carbocycles. The molecule has 1 heterocycles. The molecule has 2 N–H and O–H groups in total. The molecule has 0 saturated carbocycles. The predicted octanol–water partition coefficient (Wildman–Crippen LogP) is 0.0312. The van der Waals surface area contributed by atoms with Gasteiger partial charge < -0.3 is 15.2 Å². The van der Waals surface area contributed by atoms with Crippen LogP contribution in [0.5, 0.6) is 0 Å². The average molecular weight is 184 g/mol. The molecule has 13 heavy (non-hydrogen) atoms. The first-order valence-electron chi connectivity index (χ1n) is 4.65. The molecule has 1 aliphatic rings. The van der Waals surface area contributed by atoms with Crippen molar-refractivity contribution in [3.63, 3.8) is 0 Å². The Balaban J connectivity index is 2.14. The molecule has 4 heteroatoms. The van der Waals surface area contributed by atoms with Crippen LogP contribution < -0.4 is 5.32 Å². The third kappa shape index (κ3) is 3.73. The zero-order chi connectivity index (χ0) is 9.57. The van der Waals surface area contributed by atoms with Crippen LogP contribution in [0.2, 0.25) is 0 Å². The van der Waals surface area contributed by atoms with Crippen LogP contribution in [0.4, 0.5) is 0 Å². The molecule has 0 aromatic heterocycles. The Hall–Kier alpha value is -0.630. The molecular formula is C9H16N2O2. The van der Waals surface area contributed by atoms with Gasteiger partial charge in [-0.1, -0.05) is 0 Å². The first kappa shape index (κ1) is 10.5. The SMILES string of the molecule is N#CCCNCC1(O)CCOCC1. The van der Waals surface area contributed by atoms with Crippen LogP contribution in [0.25, 0.3) is 0 Å². The number of hydrogen-bond donors (Lipinski definition) is 2. The summed E-state index contributed by atoms with van der Waals surface area (Å²) >= 11 is 0. The van der Waals surface area contributed by atoms with Gasteiger partial charge in [0.1, 0.15) is 0 Å². The van der Waals surface area contributed by atoms with E-state index in [0.717, 1.165) is 0 Å². The number of hydrogen-bond acceptors (Lipinski definition) is 4. The van der Waals surface area contributed by atoms with E-state index in [4.69, 9.17) is 10.00 Å². The standard InChI is InChI=1S/C9H16N2O2/c10-4-1-5-11-8-9(12)2-6-13-7-3-9/h11-12H,1-3,5-8H2. The normalized spacial score (nSPS) is 20.9. The van der Waals surface area contributed by atoms with E-state index in [1.54, 1.807) is 0 Å². The molecule has 0 atom stereocenters. The number of aliphatic hydroxyl groups is 1. The second kappa shape index (κ2) is 5.18. The van der Waals surface area contributed by atoms with Crippen molar-refractivity contribution in [3.8, 4) is 6.07 Å². The van der Waals surface area contributed by atoms with Gasteiger partial charge in [-0.05, 0) is 0 Å². The van der Waals surface area contributed by atoms with Gasteiger partial charge in [0.2, 0.25) is 0 Å². The summed E-state index contributed by atoms with van der Waals surface area (Å²) in [6.07, 6.45) is 1.87. The lowest BCUT2D eigenvalue weighted by atomic mass is 9.94. The van der Waals surface area contributed by atoms with Gasteiger partial charge in [-0.3, -0.25) is 0 Å². The molecule has 0 aromatic carbocycles. The molecule has 1 aliphatic heterocycles. The van der Waals surface area contributed by atoms with Gasteiger partial charge in [0.15, 0.2) is 0 Å². The zero-order valence-electron chi connectivity index (χ0n) is 7.75. The van der Waals surface area contributed by atoms with Crippen LogP contribution in [0, 0.1) is 11.3 Å². The molecule has 1 rings (SSSR count). The van der Waals surface area contributed by atoms with Crippen LogP contribution in [0.1, 0.15) is 19.3 Å². The summed E-state index contributed by atoms with van der Waals surface area (Å²) in [5.41, 5.74) is -0.617. The first-order valence-corrected chi connectivity index (χ1v) is 4.65. The molecule has 0 aromatic rings. The van der Waals surface area contributed by atoms with Crippen LogP contribution in [0.15, 0.2) is 0 Å².